The fourth-order valence-electron chi connectivity index (χ4n) is 0.550. The number of non-ortho nitro benzene ring substituents is 1. The Hall–Kier alpha value is -1.91. The van der Waals surface area contributed by atoms with Gasteiger partial charge in [0.1, 0.15) is 0 Å². The number of hydrogen-bond acceptors (Lipinski definition) is 3. The van der Waals surface area contributed by atoms with Gasteiger partial charge in [-0.3, -0.25) is 14.9 Å². The number of para-hydroxylation sites is 1. The van der Waals surface area contributed by atoms with E-state index in [1.54, 1.807) is 18.2 Å². The summed E-state index contributed by atoms with van der Waals surface area (Å²) in [5, 5.41) is 10.0. The lowest BCUT2D eigenvalue weighted by molar-refractivity contribution is -0.384. The van der Waals surface area contributed by atoms with Gasteiger partial charge in [0.15, 0.2) is 0 Å². The first-order chi connectivity index (χ1) is 5.72. The Morgan fingerprint density at radius 1 is 1.33 bits per heavy atom. The standard InChI is InChI=1S/C6H5NO2.CH3NO/c8-7(9)6-4-2-1-3-5-6;2-1-3/h1-5H;1H,(H2,2,3). The summed E-state index contributed by atoms with van der Waals surface area (Å²) in [6, 6.07) is 7.93. The molecule has 5 heteroatoms. The molecule has 0 fully saturated rings. The molecular formula is C7H8N2O3. The molecule has 12 heavy (non-hydrogen) atoms. The molecule has 0 saturated heterocycles. The van der Waals surface area contributed by atoms with Crippen molar-refractivity contribution in [2.45, 2.75) is 0 Å². The van der Waals surface area contributed by atoms with E-state index in [9.17, 15) is 10.1 Å². The molecule has 0 saturated carbocycles. The van der Waals surface area contributed by atoms with Gasteiger partial charge in [-0.25, -0.2) is 0 Å². The third-order valence-electron chi connectivity index (χ3n) is 0.967. The van der Waals surface area contributed by atoms with Crippen LogP contribution in [0.5, 0.6) is 0 Å². The number of hydrogen-bond donors (Lipinski definition) is 1. The predicted octanol–water partition coefficient (Wildman–Crippen LogP) is 0.696. The number of carbonyl (C=O) groups is 1. The van der Waals surface area contributed by atoms with Crippen molar-refractivity contribution in [1.29, 1.82) is 0 Å². The van der Waals surface area contributed by atoms with E-state index in [0.29, 0.717) is 0 Å². The summed E-state index contributed by atoms with van der Waals surface area (Å²) in [5.41, 5.74) is 4.30. The summed E-state index contributed by atoms with van der Waals surface area (Å²) in [7, 11) is 0. The van der Waals surface area contributed by atoms with Crippen LogP contribution in [0.2, 0.25) is 0 Å². The van der Waals surface area contributed by atoms with Crippen LogP contribution in [0.3, 0.4) is 0 Å². The molecule has 0 atom stereocenters. The van der Waals surface area contributed by atoms with Gasteiger partial charge >= 0.3 is 0 Å². The van der Waals surface area contributed by atoms with Gasteiger partial charge in [0.25, 0.3) is 5.69 Å². The van der Waals surface area contributed by atoms with Gasteiger partial charge in [-0.05, 0) is 0 Å². The van der Waals surface area contributed by atoms with Crippen molar-refractivity contribution in [3.05, 3.63) is 40.4 Å². The van der Waals surface area contributed by atoms with Crippen LogP contribution >= 0.6 is 0 Å². The highest BCUT2D eigenvalue weighted by Gasteiger charge is 1.98. The van der Waals surface area contributed by atoms with E-state index < -0.39 is 4.92 Å². The number of primary amides is 1. The molecule has 1 rings (SSSR count). The Morgan fingerprint density at radius 3 is 2.00 bits per heavy atom. The second kappa shape index (κ2) is 5.84. The van der Waals surface area contributed by atoms with Crippen molar-refractivity contribution in [2.24, 2.45) is 5.73 Å². The van der Waals surface area contributed by atoms with Crippen molar-refractivity contribution in [2.75, 3.05) is 0 Å². The van der Waals surface area contributed by atoms with Gasteiger partial charge in [-0.2, -0.15) is 0 Å². The molecule has 0 aliphatic rings. The lowest BCUT2D eigenvalue weighted by Crippen LogP contribution is -1.84. The van der Waals surface area contributed by atoms with Crippen LogP contribution in [-0.4, -0.2) is 11.3 Å². The second-order valence-corrected chi connectivity index (χ2v) is 1.73. The van der Waals surface area contributed by atoms with Gasteiger partial charge in [-0.15, -0.1) is 0 Å². The summed E-state index contributed by atoms with van der Waals surface area (Å²) in [6.45, 7) is 0. The average molecular weight is 168 g/mol. The zero-order valence-corrected chi connectivity index (χ0v) is 6.21. The largest absolute Gasteiger partial charge is 0.372 e. The molecule has 0 spiro atoms. The third-order valence-corrected chi connectivity index (χ3v) is 0.967. The van der Waals surface area contributed by atoms with Crippen LogP contribution in [0.4, 0.5) is 5.69 Å². The Kier molecular flexibility index (Phi) is 4.91. The number of amides is 1. The lowest BCUT2D eigenvalue weighted by Gasteiger charge is -1.85. The summed E-state index contributed by atoms with van der Waals surface area (Å²) < 4.78 is 0. The van der Waals surface area contributed by atoms with Crippen LogP contribution < -0.4 is 5.73 Å². The summed E-state index contributed by atoms with van der Waals surface area (Å²) >= 11 is 0. The fraction of sp³-hybridized carbons (Fsp3) is 0. The highest BCUT2D eigenvalue weighted by Crippen LogP contribution is 2.06. The summed E-state index contributed by atoms with van der Waals surface area (Å²) in [4.78, 5) is 18.2. The summed E-state index contributed by atoms with van der Waals surface area (Å²) in [5.74, 6) is 0. The third kappa shape index (κ3) is 3.99. The maximum absolute atomic E-state index is 10.0. The number of carbonyl (C=O) groups excluding carboxylic acids is 1. The number of nitro benzene ring substituents is 1. The molecule has 0 aliphatic carbocycles. The van der Waals surface area contributed by atoms with E-state index in [0.717, 1.165) is 0 Å². The van der Waals surface area contributed by atoms with Crippen LogP contribution in [0, 0.1) is 10.1 Å². The van der Waals surface area contributed by atoms with E-state index in [-0.39, 0.29) is 12.1 Å². The SMILES string of the molecule is NC=O.O=[N+]([O-])c1ccccc1. The van der Waals surface area contributed by atoms with Crippen LogP contribution in [0.1, 0.15) is 0 Å². The maximum Gasteiger partial charge on any atom is 0.269 e. The number of rotatable bonds is 1. The number of benzene rings is 1. The van der Waals surface area contributed by atoms with Crippen LogP contribution in [-0.2, 0) is 4.79 Å². The molecule has 64 valence electrons. The Morgan fingerprint density at radius 2 is 1.75 bits per heavy atom. The first-order valence-electron chi connectivity index (χ1n) is 3.07. The Labute approximate surface area is 69.0 Å². The molecule has 1 amide bonds. The summed E-state index contributed by atoms with van der Waals surface area (Å²) in [6.07, 6.45) is 0.250. The molecular weight excluding hydrogens is 160 g/mol. The number of nitrogens with two attached hydrogens (primary N) is 1. The quantitative estimate of drug-likeness (QED) is 0.380. The molecule has 0 aliphatic heterocycles. The number of nitro groups is 1. The van der Waals surface area contributed by atoms with Crippen LogP contribution in [0.25, 0.3) is 0 Å². The Bertz CT molecular complexity index is 248. The lowest BCUT2D eigenvalue weighted by atomic mass is 10.3. The van der Waals surface area contributed by atoms with E-state index in [1.165, 1.54) is 12.1 Å². The molecule has 0 radical (unpaired) electrons. The van der Waals surface area contributed by atoms with Gasteiger partial charge in [0.05, 0.1) is 4.92 Å². The van der Waals surface area contributed by atoms with Crippen molar-refractivity contribution < 1.29 is 9.72 Å². The van der Waals surface area contributed by atoms with E-state index >= 15 is 0 Å². The molecule has 0 aromatic heterocycles. The molecule has 1 aromatic rings. The minimum absolute atomic E-state index is 0.137. The van der Waals surface area contributed by atoms with Gasteiger partial charge in [0.2, 0.25) is 6.41 Å². The molecule has 0 unspecified atom stereocenters. The van der Waals surface area contributed by atoms with Crippen molar-refractivity contribution >= 4 is 12.1 Å². The topological polar surface area (TPSA) is 86.2 Å². The van der Waals surface area contributed by atoms with Crippen molar-refractivity contribution in [3.63, 3.8) is 0 Å². The smallest absolute Gasteiger partial charge is 0.269 e. The highest BCUT2D eigenvalue weighted by atomic mass is 16.6. The molecule has 0 heterocycles. The minimum Gasteiger partial charge on any atom is -0.372 e. The zero-order valence-electron chi connectivity index (χ0n) is 6.21. The average Bonchev–Trinajstić information content (AvgIpc) is 2.07. The van der Waals surface area contributed by atoms with E-state index in [4.69, 9.17) is 4.79 Å². The van der Waals surface area contributed by atoms with Crippen molar-refractivity contribution in [3.8, 4) is 0 Å². The normalized spacial score (nSPS) is 7.67. The number of nitrogens with zero attached hydrogens (tertiary/aromatic N) is 1. The zero-order chi connectivity index (χ0) is 9.40. The monoisotopic (exact) mass is 168 g/mol. The van der Waals surface area contributed by atoms with Crippen LogP contribution in [0.15, 0.2) is 30.3 Å². The van der Waals surface area contributed by atoms with E-state index in [1.807, 2.05) is 0 Å². The molecule has 2 N–H and O–H groups in total. The van der Waals surface area contributed by atoms with Gasteiger partial charge < -0.3 is 5.73 Å². The predicted molar refractivity (Wildman–Crippen MR) is 43.3 cm³/mol. The molecule has 1 aromatic carbocycles. The Balaban J connectivity index is 0.000000354. The van der Waals surface area contributed by atoms with Crippen molar-refractivity contribution in [1.82, 2.24) is 0 Å². The van der Waals surface area contributed by atoms with Gasteiger partial charge in [-0.1, -0.05) is 18.2 Å². The molecule has 5 nitrogen and oxygen atoms in total. The first kappa shape index (κ1) is 10.1. The first-order valence-corrected chi connectivity index (χ1v) is 3.07. The highest BCUT2D eigenvalue weighted by molar-refractivity contribution is 5.42. The molecule has 0 bridgehead atoms. The fourth-order valence-corrected chi connectivity index (χ4v) is 0.550. The maximum atomic E-state index is 10.0. The van der Waals surface area contributed by atoms with Gasteiger partial charge in [0, 0.05) is 12.1 Å². The van der Waals surface area contributed by atoms with E-state index in [2.05, 4.69) is 5.73 Å². The minimum atomic E-state index is -0.417. The second-order valence-electron chi connectivity index (χ2n) is 1.73.